The normalized spacial score (nSPS) is 14.1. The van der Waals surface area contributed by atoms with Crippen LogP contribution in [-0.4, -0.2) is 52.4 Å². The standard InChI is InChI=1S/C17H25BO4.C11H10N2O2.C8H7BrN2.C6H4BrF3O/c1-15(2,14(19)20-7)12-9-8-10-13(11-12)18-21-16(3,4)17(5,6)22-18;1-6-7(2)13-8-4-3-5-12-10(8)9(6)11(14)15;9-8-2-1-6(4-10)7(3-8)5-11;7-3-4-1-2-5(11-4)6(8,9)10/h8-11H,1-7H3;3-5H,1-2H3,(H,14,15);1-3H,4,10H2;1-2H,3H2. The molecule has 1 saturated heterocycles. The number of carboxylic acid groups (broad SMARTS) is 1. The number of aryl methyl sites for hydroxylation is 1. The Balaban J connectivity index is 0.000000220. The molecule has 0 amide bonds. The van der Waals surface area contributed by atoms with Crippen LogP contribution < -0.4 is 11.2 Å². The topological polar surface area (TPSA) is 171 Å². The highest BCUT2D eigenvalue weighted by atomic mass is 79.9. The molecule has 1 aliphatic heterocycles. The van der Waals surface area contributed by atoms with Gasteiger partial charge in [0.2, 0.25) is 5.76 Å². The molecule has 1 aliphatic rings. The summed E-state index contributed by atoms with van der Waals surface area (Å²) in [6.45, 7) is 15.8. The fraction of sp³-hybridized carbons (Fsp3) is 0.357. The van der Waals surface area contributed by atoms with Gasteiger partial charge in [0.05, 0.1) is 51.8 Å². The number of nitrogens with zero attached hydrogens (tertiary/aromatic N) is 3. The van der Waals surface area contributed by atoms with E-state index < -0.39 is 30.4 Å². The van der Waals surface area contributed by atoms with Gasteiger partial charge in [0.1, 0.15) is 11.3 Å². The molecule has 0 radical (unpaired) electrons. The molecule has 6 rings (SSSR count). The number of nitriles is 1. The molecule has 17 heteroatoms. The number of benzene rings is 2. The average Bonchev–Trinajstić information content (AvgIpc) is 3.77. The van der Waals surface area contributed by atoms with Crippen molar-refractivity contribution in [2.45, 2.75) is 90.1 Å². The second kappa shape index (κ2) is 20.1. The molecule has 5 aromatic rings. The lowest BCUT2D eigenvalue weighted by Gasteiger charge is -2.32. The number of nitrogens with two attached hydrogens (primary N) is 1. The Labute approximate surface area is 358 Å². The first-order valence-electron chi connectivity index (χ1n) is 18.0. The monoisotopic (exact) mass is 944 g/mol. The molecule has 1 fully saturated rings. The lowest BCUT2D eigenvalue weighted by Crippen LogP contribution is -2.41. The number of pyridine rings is 2. The average molecular weight is 946 g/mol. The van der Waals surface area contributed by atoms with E-state index in [4.69, 9.17) is 30.1 Å². The Morgan fingerprint density at radius 1 is 1.00 bits per heavy atom. The van der Waals surface area contributed by atoms with Gasteiger partial charge in [0.15, 0.2) is 0 Å². The van der Waals surface area contributed by atoms with Crippen LogP contribution in [0.3, 0.4) is 0 Å². The first kappa shape index (κ1) is 48.8. The number of aromatic nitrogens is 2. The molecule has 0 bridgehead atoms. The molecule has 3 aromatic heterocycles. The zero-order valence-electron chi connectivity index (χ0n) is 34.1. The van der Waals surface area contributed by atoms with Gasteiger partial charge in [-0.1, -0.05) is 62.2 Å². The van der Waals surface area contributed by atoms with Crippen molar-refractivity contribution in [1.29, 1.82) is 5.26 Å². The third-order valence-electron chi connectivity index (χ3n) is 9.76. The maximum absolute atomic E-state index is 12.0. The number of alkyl halides is 4. The first-order valence-corrected chi connectivity index (χ1v) is 20.0. The molecular weight excluding hydrogens is 900 g/mol. The maximum atomic E-state index is 12.0. The fourth-order valence-corrected chi connectivity index (χ4v) is 6.09. The summed E-state index contributed by atoms with van der Waals surface area (Å²) in [4.78, 5) is 31.5. The van der Waals surface area contributed by atoms with Crippen molar-refractivity contribution in [3.8, 4) is 6.07 Å². The molecule has 0 aliphatic carbocycles. The predicted octanol–water partition coefficient (Wildman–Crippen LogP) is 9.35. The highest BCUT2D eigenvalue weighted by Gasteiger charge is 2.52. The van der Waals surface area contributed by atoms with E-state index in [0.29, 0.717) is 34.0 Å². The summed E-state index contributed by atoms with van der Waals surface area (Å²) in [6, 6.07) is 21.0. The summed E-state index contributed by atoms with van der Waals surface area (Å²) in [5, 5.41) is 18.1. The highest BCUT2D eigenvalue weighted by Crippen LogP contribution is 2.37. The van der Waals surface area contributed by atoms with E-state index in [1.54, 1.807) is 38.2 Å². The number of ether oxygens (including phenoxy) is 1. The van der Waals surface area contributed by atoms with Gasteiger partial charge < -0.3 is 29.3 Å². The second-order valence-corrected chi connectivity index (χ2v) is 16.2. The minimum atomic E-state index is -4.37. The van der Waals surface area contributed by atoms with Crippen molar-refractivity contribution in [1.82, 2.24) is 9.97 Å². The van der Waals surface area contributed by atoms with Gasteiger partial charge in [0, 0.05) is 22.9 Å². The lowest BCUT2D eigenvalue weighted by molar-refractivity contribution is -0.153. The number of fused-ring (bicyclic) bond motifs is 1. The minimum absolute atomic E-state index is 0.248. The number of esters is 1. The summed E-state index contributed by atoms with van der Waals surface area (Å²) in [7, 11) is 0.973. The van der Waals surface area contributed by atoms with Crippen LogP contribution in [0.25, 0.3) is 11.0 Å². The van der Waals surface area contributed by atoms with Crippen LogP contribution in [0.15, 0.2) is 81.8 Å². The van der Waals surface area contributed by atoms with Crippen LogP contribution in [0.5, 0.6) is 0 Å². The predicted molar refractivity (Wildman–Crippen MR) is 226 cm³/mol. The summed E-state index contributed by atoms with van der Waals surface area (Å²) in [6.07, 6.45) is -2.80. The van der Waals surface area contributed by atoms with E-state index in [-0.39, 0.29) is 28.5 Å². The minimum Gasteiger partial charge on any atom is -0.478 e. The maximum Gasteiger partial charge on any atom is 0.494 e. The number of carbonyl (C=O) groups excluding carboxylic acids is 1. The molecule has 0 unspecified atom stereocenters. The van der Waals surface area contributed by atoms with Crippen molar-refractivity contribution in [2.75, 3.05) is 7.11 Å². The van der Waals surface area contributed by atoms with Crippen molar-refractivity contribution in [3.63, 3.8) is 0 Å². The molecule has 0 spiro atoms. The molecule has 11 nitrogen and oxygen atoms in total. The molecule has 0 saturated carbocycles. The Hall–Kier alpha value is -4.60. The molecule has 0 atom stereocenters. The summed E-state index contributed by atoms with van der Waals surface area (Å²) in [5.74, 6) is -1.90. The lowest BCUT2D eigenvalue weighted by atomic mass is 9.75. The fourth-order valence-electron chi connectivity index (χ4n) is 5.42. The third-order valence-corrected chi connectivity index (χ3v) is 10.8. The number of hydrogen-bond acceptors (Lipinski definition) is 10. The summed E-state index contributed by atoms with van der Waals surface area (Å²) >= 11 is 6.25. The number of hydrogen-bond donors (Lipinski definition) is 2. The van der Waals surface area contributed by atoms with Crippen LogP contribution >= 0.6 is 31.9 Å². The number of halogens is 5. The Morgan fingerprint density at radius 3 is 2.15 bits per heavy atom. The Morgan fingerprint density at radius 2 is 1.64 bits per heavy atom. The van der Waals surface area contributed by atoms with Gasteiger partial charge >= 0.3 is 25.2 Å². The highest BCUT2D eigenvalue weighted by molar-refractivity contribution is 9.10. The van der Waals surface area contributed by atoms with Gasteiger partial charge in [-0.05, 0) is 114 Å². The van der Waals surface area contributed by atoms with Crippen LogP contribution in [0.2, 0.25) is 0 Å². The summed E-state index contributed by atoms with van der Waals surface area (Å²) in [5.41, 5.74) is 9.97. The van der Waals surface area contributed by atoms with E-state index in [2.05, 4.69) is 52.3 Å². The van der Waals surface area contributed by atoms with E-state index in [1.165, 1.54) is 13.2 Å². The number of furan rings is 1. The zero-order valence-corrected chi connectivity index (χ0v) is 37.3. The number of methoxy groups -OCH3 is 1. The zero-order chi connectivity index (χ0) is 44.5. The number of aromatic carboxylic acids is 1. The van der Waals surface area contributed by atoms with Gasteiger partial charge in [-0.3, -0.25) is 14.8 Å². The smallest absolute Gasteiger partial charge is 0.478 e. The molecule has 59 heavy (non-hydrogen) atoms. The van der Waals surface area contributed by atoms with Crippen molar-refractivity contribution in [3.05, 3.63) is 122 Å². The van der Waals surface area contributed by atoms with Crippen molar-refractivity contribution in [2.24, 2.45) is 5.73 Å². The largest absolute Gasteiger partial charge is 0.494 e. The number of carbonyl (C=O) groups is 2. The van der Waals surface area contributed by atoms with Crippen LogP contribution in [-0.2, 0) is 42.3 Å². The number of rotatable bonds is 6. The van der Waals surface area contributed by atoms with Crippen LogP contribution in [0.4, 0.5) is 13.2 Å². The third kappa shape index (κ3) is 12.2. The van der Waals surface area contributed by atoms with E-state index in [9.17, 15) is 22.8 Å². The molecular formula is C42H46BBr2F3N4O7. The molecule has 4 heterocycles. The first-order chi connectivity index (χ1) is 27.4. The Bertz CT molecular complexity index is 2290. The molecule has 314 valence electrons. The SMILES string of the molecule is COC(=O)C(C)(C)c1cccc(B2OC(C)(C)C(C)(C)O2)c1.Cc1nc2cccnc2c(C(=O)O)c1C.FC(F)(F)c1ccc(CBr)o1.N#Cc1cc(Br)ccc1CN. The second-order valence-electron chi connectivity index (χ2n) is 14.7. The van der Waals surface area contributed by atoms with Crippen molar-refractivity contribution < 1.29 is 46.3 Å². The molecule has 3 N–H and O–H groups in total. The van der Waals surface area contributed by atoms with Gasteiger partial charge in [-0.25, -0.2) is 4.79 Å². The van der Waals surface area contributed by atoms with Gasteiger partial charge in [0.25, 0.3) is 0 Å². The van der Waals surface area contributed by atoms with Crippen LogP contribution in [0, 0.1) is 25.2 Å². The van der Waals surface area contributed by atoms with E-state index in [1.807, 2.05) is 77.9 Å². The number of carboxylic acids is 1. The van der Waals surface area contributed by atoms with Crippen molar-refractivity contribution >= 4 is 67.4 Å². The van der Waals surface area contributed by atoms with Gasteiger partial charge in [-0.15, -0.1) is 0 Å². The van der Waals surface area contributed by atoms with Crippen LogP contribution in [0.1, 0.15) is 91.4 Å². The summed E-state index contributed by atoms with van der Waals surface area (Å²) < 4.78 is 57.9. The van der Waals surface area contributed by atoms with E-state index >= 15 is 0 Å². The quantitative estimate of drug-likeness (QED) is 0.0945. The van der Waals surface area contributed by atoms with E-state index in [0.717, 1.165) is 32.8 Å². The molecule has 2 aromatic carbocycles. The van der Waals surface area contributed by atoms with Gasteiger partial charge in [-0.2, -0.15) is 18.4 Å². The Kier molecular flexibility index (Phi) is 16.6.